The third-order valence-electron chi connectivity index (χ3n) is 8.86. The molecule has 260 valence electrons. The fourth-order valence-corrected chi connectivity index (χ4v) is 6.80. The predicted molar refractivity (Wildman–Crippen MR) is 193 cm³/mol. The fourth-order valence-electron chi connectivity index (χ4n) is 6.25. The molecule has 50 heavy (non-hydrogen) atoms. The number of benzene rings is 3. The molecule has 2 fully saturated rings. The number of hydrogen-bond donors (Lipinski definition) is 0. The maximum atomic E-state index is 12.8. The Labute approximate surface area is 300 Å². The van der Waals surface area contributed by atoms with Crippen molar-refractivity contribution in [1.82, 2.24) is 29.1 Å². The predicted octanol–water partition coefficient (Wildman–Crippen LogP) is 5.57. The monoisotopic (exact) mass is 716 g/mol. The molecule has 0 spiro atoms. The van der Waals surface area contributed by atoms with E-state index < -0.39 is 5.79 Å². The number of nitrogens with zero attached hydrogens (tertiary/aromatic N) is 8. The highest BCUT2D eigenvalue weighted by atomic mass is 35.5. The normalized spacial score (nSPS) is 19.5. The van der Waals surface area contributed by atoms with Gasteiger partial charge < -0.3 is 24.0 Å². The van der Waals surface area contributed by atoms with Crippen LogP contribution in [0.25, 0.3) is 5.69 Å². The number of rotatable bonds is 12. The van der Waals surface area contributed by atoms with Crippen LogP contribution in [0, 0.1) is 0 Å². The Morgan fingerprint density at radius 2 is 1.60 bits per heavy atom. The maximum absolute atomic E-state index is 12.8. The van der Waals surface area contributed by atoms with Crippen LogP contribution < -0.4 is 20.2 Å². The maximum Gasteiger partial charge on any atom is 0.350 e. The van der Waals surface area contributed by atoms with Crippen LogP contribution >= 0.6 is 23.2 Å². The molecule has 0 unspecified atom stereocenters. The van der Waals surface area contributed by atoms with Crippen molar-refractivity contribution in [3.8, 4) is 11.4 Å². The number of hydrogen-bond acceptors (Lipinski definition) is 9. The molecule has 7 rings (SSSR count). The van der Waals surface area contributed by atoms with E-state index in [-0.39, 0.29) is 18.3 Å². The van der Waals surface area contributed by atoms with Crippen LogP contribution in [0.2, 0.25) is 10.0 Å². The summed E-state index contributed by atoms with van der Waals surface area (Å²) in [5.41, 5.74) is 3.59. The van der Waals surface area contributed by atoms with Gasteiger partial charge in [0.1, 0.15) is 44.0 Å². The molecule has 0 saturated carbocycles. The SMILES string of the molecule is CC/C=C\Cn1ncn(-c2ccc(N3CCN(c4ccc(OC[C@@H]5CO[C@@](Cn6cncn6)(c6ccc(Cl)cc6Cl)O5)cc4)CC3)cc2)c1=O. The van der Waals surface area contributed by atoms with Crippen LogP contribution in [0.4, 0.5) is 11.4 Å². The Morgan fingerprint density at radius 1 is 0.900 bits per heavy atom. The molecule has 0 N–H and O–H groups in total. The number of piperazine rings is 1. The summed E-state index contributed by atoms with van der Waals surface area (Å²) >= 11 is 12.7. The van der Waals surface area contributed by atoms with Crippen LogP contribution in [0.15, 0.2) is 103 Å². The summed E-state index contributed by atoms with van der Waals surface area (Å²) in [5, 5.41) is 9.45. The molecule has 0 amide bonds. The first-order chi connectivity index (χ1) is 24.4. The van der Waals surface area contributed by atoms with Gasteiger partial charge in [0.25, 0.3) is 0 Å². The van der Waals surface area contributed by atoms with Gasteiger partial charge in [0.15, 0.2) is 0 Å². The third-order valence-corrected chi connectivity index (χ3v) is 9.41. The van der Waals surface area contributed by atoms with Gasteiger partial charge in [0.2, 0.25) is 5.79 Å². The zero-order chi connectivity index (χ0) is 34.5. The summed E-state index contributed by atoms with van der Waals surface area (Å²) < 4.78 is 23.6. The molecule has 2 aromatic heterocycles. The zero-order valence-corrected chi connectivity index (χ0v) is 29.2. The molecule has 2 saturated heterocycles. The molecule has 0 radical (unpaired) electrons. The van der Waals surface area contributed by atoms with Gasteiger partial charge in [-0.3, -0.25) is 0 Å². The van der Waals surface area contributed by atoms with E-state index in [0.717, 1.165) is 55.4 Å². The largest absolute Gasteiger partial charge is 0.491 e. The molecule has 0 bridgehead atoms. The van der Waals surface area contributed by atoms with E-state index in [0.29, 0.717) is 35.4 Å². The number of aromatic nitrogens is 6. The van der Waals surface area contributed by atoms with Crippen molar-refractivity contribution in [2.45, 2.75) is 38.3 Å². The minimum Gasteiger partial charge on any atom is -0.491 e. The number of ether oxygens (including phenoxy) is 3. The van der Waals surface area contributed by atoms with Gasteiger partial charge in [0, 0.05) is 48.1 Å². The first kappa shape index (κ1) is 33.9. The van der Waals surface area contributed by atoms with E-state index in [2.05, 4.69) is 56.2 Å². The second-order valence-electron chi connectivity index (χ2n) is 12.2. The lowest BCUT2D eigenvalue weighted by Gasteiger charge is -2.37. The first-order valence-corrected chi connectivity index (χ1v) is 17.4. The van der Waals surface area contributed by atoms with Crippen molar-refractivity contribution >= 4 is 34.6 Å². The van der Waals surface area contributed by atoms with Crippen molar-refractivity contribution < 1.29 is 14.2 Å². The number of allylic oxidation sites excluding steroid dienone is 2. The molecule has 12 nitrogen and oxygen atoms in total. The summed E-state index contributed by atoms with van der Waals surface area (Å²) in [6.45, 7) is 6.94. The van der Waals surface area contributed by atoms with Gasteiger partial charge in [-0.05, 0) is 67.1 Å². The standard InChI is InChI=1S/C36H38Cl2N8O4/c1-2-3-4-15-46-35(47)45(26-41-46)30-8-6-28(7-9-30)42-16-18-43(19-17-42)29-10-12-31(13-11-29)48-21-32-22-49-36(50-32,23-44-25-39-24-40-44)33-14-5-27(37)20-34(33)38/h3-14,20,24-26,32H,2,15-19,21-23H2,1H3/b4-3-/t32-,36-/m1/s1. The lowest BCUT2D eigenvalue weighted by Crippen LogP contribution is -2.46. The van der Waals surface area contributed by atoms with Gasteiger partial charge in [-0.15, -0.1) is 0 Å². The van der Waals surface area contributed by atoms with Crippen LogP contribution in [-0.4, -0.2) is 74.6 Å². The first-order valence-electron chi connectivity index (χ1n) is 16.6. The summed E-state index contributed by atoms with van der Waals surface area (Å²) in [5.74, 6) is -0.413. The van der Waals surface area contributed by atoms with Crippen LogP contribution in [-0.2, 0) is 28.4 Å². The molecular formula is C36H38Cl2N8O4. The summed E-state index contributed by atoms with van der Waals surface area (Å²) in [7, 11) is 0. The van der Waals surface area contributed by atoms with E-state index >= 15 is 0 Å². The highest BCUT2D eigenvalue weighted by Crippen LogP contribution is 2.40. The number of halogens is 2. The Bertz CT molecular complexity index is 1960. The van der Waals surface area contributed by atoms with Crippen molar-refractivity contribution in [3.63, 3.8) is 0 Å². The lowest BCUT2D eigenvalue weighted by atomic mass is 10.1. The van der Waals surface area contributed by atoms with E-state index in [1.54, 1.807) is 34.0 Å². The van der Waals surface area contributed by atoms with E-state index in [4.69, 9.17) is 37.4 Å². The van der Waals surface area contributed by atoms with Gasteiger partial charge >= 0.3 is 5.69 Å². The molecule has 2 aliphatic rings. The summed E-state index contributed by atoms with van der Waals surface area (Å²) in [4.78, 5) is 21.5. The third kappa shape index (κ3) is 7.43. The Kier molecular flexibility index (Phi) is 10.2. The topological polar surface area (TPSA) is 105 Å². The Balaban J connectivity index is 0.916. The summed E-state index contributed by atoms with van der Waals surface area (Å²) in [6.07, 6.45) is 9.23. The lowest BCUT2D eigenvalue weighted by molar-refractivity contribution is -0.190. The molecule has 3 aromatic carbocycles. The molecule has 2 atom stereocenters. The molecular weight excluding hydrogens is 679 g/mol. The molecule has 2 aliphatic heterocycles. The van der Waals surface area contributed by atoms with Gasteiger partial charge in [-0.25, -0.2) is 23.7 Å². The van der Waals surface area contributed by atoms with Gasteiger partial charge in [-0.2, -0.15) is 10.2 Å². The average molecular weight is 718 g/mol. The second-order valence-corrected chi connectivity index (χ2v) is 13.0. The fraction of sp³-hybridized carbons (Fsp3) is 0.333. The highest BCUT2D eigenvalue weighted by molar-refractivity contribution is 6.35. The minimum absolute atomic E-state index is 0.148. The van der Waals surface area contributed by atoms with Gasteiger partial charge in [0.05, 0.1) is 23.9 Å². The van der Waals surface area contributed by atoms with E-state index in [1.165, 1.54) is 11.0 Å². The van der Waals surface area contributed by atoms with Gasteiger partial charge in [-0.1, -0.05) is 48.3 Å². The van der Waals surface area contributed by atoms with Crippen molar-refractivity contribution in [3.05, 3.63) is 124 Å². The Morgan fingerprint density at radius 3 is 2.26 bits per heavy atom. The van der Waals surface area contributed by atoms with E-state index in [1.807, 2.05) is 42.5 Å². The van der Waals surface area contributed by atoms with Crippen molar-refractivity contribution in [2.75, 3.05) is 49.2 Å². The molecule has 4 heterocycles. The van der Waals surface area contributed by atoms with E-state index in [9.17, 15) is 4.79 Å². The highest BCUT2D eigenvalue weighted by Gasteiger charge is 2.45. The summed E-state index contributed by atoms with van der Waals surface area (Å²) in [6, 6.07) is 21.5. The quantitative estimate of drug-likeness (QED) is 0.153. The van der Waals surface area contributed by atoms with Crippen molar-refractivity contribution in [2.24, 2.45) is 0 Å². The smallest absolute Gasteiger partial charge is 0.350 e. The van der Waals surface area contributed by atoms with Crippen molar-refractivity contribution in [1.29, 1.82) is 0 Å². The number of anilines is 2. The Hall–Kier alpha value is -4.62. The minimum atomic E-state index is -1.16. The second kappa shape index (κ2) is 15.1. The molecule has 0 aliphatic carbocycles. The molecule has 14 heteroatoms. The van der Waals surface area contributed by atoms with Crippen LogP contribution in [0.3, 0.4) is 0 Å². The van der Waals surface area contributed by atoms with Crippen LogP contribution in [0.1, 0.15) is 18.9 Å². The average Bonchev–Trinajstić information content (AvgIpc) is 3.89. The van der Waals surface area contributed by atoms with Crippen LogP contribution in [0.5, 0.6) is 5.75 Å². The zero-order valence-electron chi connectivity index (χ0n) is 27.6. The molecule has 5 aromatic rings.